The topological polar surface area (TPSA) is 50.3 Å². The van der Waals surface area contributed by atoms with Crippen molar-refractivity contribution < 1.29 is 4.74 Å². The van der Waals surface area contributed by atoms with Crippen LogP contribution in [0.15, 0.2) is 12.4 Å². The molecule has 0 unspecified atom stereocenters. The zero-order valence-electron chi connectivity index (χ0n) is 13.7. The fourth-order valence-corrected chi connectivity index (χ4v) is 2.45. The number of ether oxygens (including phenoxy) is 1. The van der Waals surface area contributed by atoms with Crippen molar-refractivity contribution in [2.24, 2.45) is 0 Å². The highest BCUT2D eigenvalue weighted by Crippen LogP contribution is 2.19. The molecule has 5 nitrogen and oxygen atoms in total. The van der Waals surface area contributed by atoms with Crippen molar-refractivity contribution >= 4 is 0 Å². The van der Waals surface area contributed by atoms with Gasteiger partial charge in [0.05, 0.1) is 11.9 Å². The van der Waals surface area contributed by atoms with Crippen LogP contribution in [0.4, 0.5) is 0 Å². The van der Waals surface area contributed by atoms with Gasteiger partial charge in [-0.2, -0.15) is 0 Å². The first kappa shape index (κ1) is 16.2. The number of hydrogen-bond acceptors (Lipinski definition) is 5. The summed E-state index contributed by atoms with van der Waals surface area (Å²) in [5.74, 6) is 0.623. The highest BCUT2D eigenvalue weighted by atomic mass is 16.5. The van der Waals surface area contributed by atoms with Crippen LogP contribution >= 0.6 is 0 Å². The molecule has 1 aliphatic carbocycles. The minimum atomic E-state index is 0.522. The van der Waals surface area contributed by atoms with Gasteiger partial charge >= 0.3 is 0 Å². The Morgan fingerprint density at radius 3 is 2.57 bits per heavy atom. The van der Waals surface area contributed by atoms with Gasteiger partial charge < -0.3 is 10.1 Å². The number of rotatable bonds is 9. The van der Waals surface area contributed by atoms with Gasteiger partial charge in [-0.1, -0.05) is 0 Å². The summed E-state index contributed by atoms with van der Waals surface area (Å²) in [6.07, 6.45) is 6.06. The largest absolute Gasteiger partial charge is 0.475 e. The fraction of sp³-hybridized carbons (Fsp3) is 0.750. The first-order chi connectivity index (χ1) is 10.1. The Kier molecular flexibility index (Phi) is 5.94. The standard InChI is InChI=1S/C16H28N4O/c1-12(2)20(13(3)4)7-8-21-16-11-17-9-15(19-16)10-18-14-5-6-14/h9,11-14,18H,5-8,10H2,1-4H3. The first-order valence-corrected chi connectivity index (χ1v) is 7.99. The van der Waals surface area contributed by atoms with Gasteiger partial charge in [0.1, 0.15) is 6.61 Å². The summed E-state index contributed by atoms with van der Waals surface area (Å²) in [5, 5.41) is 3.44. The molecule has 1 aliphatic rings. The lowest BCUT2D eigenvalue weighted by atomic mass is 10.2. The Morgan fingerprint density at radius 2 is 1.95 bits per heavy atom. The second-order valence-electron chi connectivity index (χ2n) is 6.28. The molecule has 2 rings (SSSR count). The lowest BCUT2D eigenvalue weighted by Crippen LogP contribution is -2.39. The Labute approximate surface area is 128 Å². The van der Waals surface area contributed by atoms with Crippen molar-refractivity contribution in [2.45, 2.75) is 65.2 Å². The van der Waals surface area contributed by atoms with Crippen LogP contribution in [0.3, 0.4) is 0 Å². The number of aromatic nitrogens is 2. The molecule has 5 heteroatoms. The molecule has 1 saturated carbocycles. The van der Waals surface area contributed by atoms with E-state index in [9.17, 15) is 0 Å². The van der Waals surface area contributed by atoms with Crippen LogP contribution in [0.25, 0.3) is 0 Å². The van der Waals surface area contributed by atoms with Crippen LogP contribution in [-0.4, -0.2) is 46.1 Å². The summed E-state index contributed by atoms with van der Waals surface area (Å²) in [6, 6.07) is 1.73. The molecule has 1 heterocycles. The van der Waals surface area contributed by atoms with E-state index in [0.717, 1.165) is 18.8 Å². The Hall–Kier alpha value is -1.20. The fourth-order valence-electron chi connectivity index (χ4n) is 2.45. The van der Waals surface area contributed by atoms with Gasteiger partial charge in [0.15, 0.2) is 0 Å². The van der Waals surface area contributed by atoms with E-state index in [1.807, 2.05) is 0 Å². The summed E-state index contributed by atoms with van der Waals surface area (Å²) >= 11 is 0. The van der Waals surface area contributed by atoms with Crippen molar-refractivity contribution in [3.05, 3.63) is 18.1 Å². The van der Waals surface area contributed by atoms with E-state index < -0.39 is 0 Å². The van der Waals surface area contributed by atoms with E-state index in [0.29, 0.717) is 30.6 Å². The average molecular weight is 292 g/mol. The van der Waals surface area contributed by atoms with E-state index in [2.05, 4.69) is 47.9 Å². The van der Waals surface area contributed by atoms with E-state index in [1.54, 1.807) is 12.4 Å². The van der Waals surface area contributed by atoms with Crippen molar-refractivity contribution in [1.82, 2.24) is 20.2 Å². The zero-order chi connectivity index (χ0) is 15.2. The van der Waals surface area contributed by atoms with Crippen molar-refractivity contribution in [3.63, 3.8) is 0 Å². The summed E-state index contributed by atoms with van der Waals surface area (Å²) in [6.45, 7) is 11.2. The van der Waals surface area contributed by atoms with Crippen molar-refractivity contribution in [3.8, 4) is 5.88 Å². The molecule has 0 aromatic carbocycles. The third-order valence-corrected chi connectivity index (χ3v) is 3.74. The minimum absolute atomic E-state index is 0.522. The van der Waals surface area contributed by atoms with Crippen molar-refractivity contribution in [2.75, 3.05) is 13.2 Å². The number of hydrogen-bond donors (Lipinski definition) is 1. The van der Waals surface area contributed by atoms with Crippen LogP contribution in [-0.2, 0) is 6.54 Å². The highest BCUT2D eigenvalue weighted by Gasteiger charge is 2.20. The molecular weight excluding hydrogens is 264 g/mol. The Bertz CT molecular complexity index is 424. The first-order valence-electron chi connectivity index (χ1n) is 7.99. The molecule has 0 aliphatic heterocycles. The second kappa shape index (κ2) is 7.71. The van der Waals surface area contributed by atoms with Gasteiger partial charge in [-0.25, -0.2) is 4.98 Å². The molecule has 0 amide bonds. The quantitative estimate of drug-likeness (QED) is 0.756. The monoisotopic (exact) mass is 292 g/mol. The lowest BCUT2D eigenvalue weighted by molar-refractivity contribution is 0.140. The molecule has 1 aromatic heterocycles. The third-order valence-electron chi connectivity index (χ3n) is 3.74. The molecular formula is C16H28N4O. The molecule has 0 bridgehead atoms. The summed E-state index contributed by atoms with van der Waals surface area (Å²) < 4.78 is 5.76. The van der Waals surface area contributed by atoms with Crippen LogP contribution in [0.2, 0.25) is 0 Å². The maximum atomic E-state index is 5.76. The van der Waals surface area contributed by atoms with E-state index in [1.165, 1.54) is 12.8 Å². The molecule has 118 valence electrons. The van der Waals surface area contributed by atoms with Gasteiger partial charge in [0, 0.05) is 37.4 Å². The average Bonchev–Trinajstić information content (AvgIpc) is 3.25. The lowest BCUT2D eigenvalue weighted by Gasteiger charge is -2.30. The minimum Gasteiger partial charge on any atom is -0.475 e. The summed E-state index contributed by atoms with van der Waals surface area (Å²) in [4.78, 5) is 11.1. The molecule has 0 radical (unpaired) electrons. The van der Waals surface area contributed by atoms with E-state index in [-0.39, 0.29) is 0 Å². The Morgan fingerprint density at radius 1 is 1.24 bits per heavy atom. The van der Waals surface area contributed by atoms with Gasteiger partial charge in [0.2, 0.25) is 5.88 Å². The Balaban J connectivity index is 1.77. The van der Waals surface area contributed by atoms with Gasteiger partial charge in [-0.05, 0) is 40.5 Å². The van der Waals surface area contributed by atoms with E-state index in [4.69, 9.17) is 4.74 Å². The molecule has 1 N–H and O–H groups in total. The van der Waals surface area contributed by atoms with Crippen LogP contribution < -0.4 is 10.1 Å². The molecule has 21 heavy (non-hydrogen) atoms. The van der Waals surface area contributed by atoms with Gasteiger partial charge in [0.25, 0.3) is 0 Å². The van der Waals surface area contributed by atoms with Gasteiger partial charge in [-0.15, -0.1) is 0 Å². The molecule has 0 atom stereocenters. The third kappa shape index (κ3) is 5.59. The van der Waals surface area contributed by atoms with Crippen LogP contribution in [0, 0.1) is 0 Å². The SMILES string of the molecule is CC(C)N(CCOc1cncc(CNC2CC2)n1)C(C)C. The predicted octanol–water partition coefficient (Wildman–Crippen LogP) is 2.23. The zero-order valence-corrected chi connectivity index (χ0v) is 13.7. The normalized spacial score (nSPS) is 15.2. The maximum Gasteiger partial charge on any atom is 0.232 e. The van der Waals surface area contributed by atoms with Crippen LogP contribution in [0.1, 0.15) is 46.2 Å². The molecule has 0 spiro atoms. The molecule has 1 aromatic rings. The van der Waals surface area contributed by atoms with Crippen LogP contribution in [0.5, 0.6) is 5.88 Å². The van der Waals surface area contributed by atoms with Crippen molar-refractivity contribution in [1.29, 1.82) is 0 Å². The van der Waals surface area contributed by atoms with E-state index >= 15 is 0 Å². The highest BCUT2D eigenvalue weighted by molar-refractivity contribution is 5.08. The van der Waals surface area contributed by atoms with Gasteiger partial charge in [-0.3, -0.25) is 9.88 Å². The maximum absolute atomic E-state index is 5.76. The smallest absolute Gasteiger partial charge is 0.232 e. The predicted molar refractivity (Wildman–Crippen MR) is 84.4 cm³/mol. The summed E-state index contributed by atoms with van der Waals surface area (Å²) in [7, 11) is 0. The molecule has 0 saturated heterocycles. The summed E-state index contributed by atoms with van der Waals surface area (Å²) in [5.41, 5.74) is 0.948. The molecule has 1 fully saturated rings. The number of nitrogens with one attached hydrogen (secondary N) is 1. The second-order valence-corrected chi connectivity index (χ2v) is 6.28. The number of nitrogens with zero attached hydrogens (tertiary/aromatic N) is 3.